The molecule has 0 spiro atoms. The van der Waals surface area contributed by atoms with Gasteiger partial charge in [-0.2, -0.15) is 4.98 Å². The summed E-state index contributed by atoms with van der Waals surface area (Å²) in [4.78, 5) is 18.8. The Balaban J connectivity index is 1.51. The van der Waals surface area contributed by atoms with Crippen molar-refractivity contribution in [3.63, 3.8) is 0 Å². The highest BCUT2D eigenvalue weighted by atomic mass is 16.5. The molecule has 1 aliphatic rings. The van der Waals surface area contributed by atoms with Crippen LogP contribution in [0.4, 0.5) is 0 Å². The van der Waals surface area contributed by atoms with Crippen LogP contribution in [0.15, 0.2) is 28.8 Å². The van der Waals surface area contributed by atoms with Crippen LogP contribution in [0, 0.1) is 5.92 Å². The summed E-state index contributed by atoms with van der Waals surface area (Å²) in [5, 5.41) is 7.08. The number of methoxy groups -OCH3 is 1. The van der Waals surface area contributed by atoms with Crippen LogP contribution < -0.4 is 10.1 Å². The fourth-order valence-corrected chi connectivity index (χ4v) is 3.11. The van der Waals surface area contributed by atoms with Crippen molar-refractivity contribution < 1.29 is 14.1 Å². The van der Waals surface area contributed by atoms with Gasteiger partial charge in [0.25, 0.3) is 5.89 Å². The minimum atomic E-state index is 0.123. The van der Waals surface area contributed by atoms with Crippen LogP contribution in [-0.4, -0.2) is 47.7 Å². The molecule has 0 saturated carbocycles. The van der Waals surface area contributed by atoms with Crippen molar-refractivity contribution in [3.05, 3.63) is 30.1 Å². The molecule has 0 bridgehead atoms. The van der Waals surface area contributed by atoms with Crippen LogP contribution >= 0.6 is 0 Å². The molecular weight excluding hydrogens is 332 g/mol. The number of piperidine rings is 1. The summed E-state index contributed by atoms with van der Waals surface area (Å²) < 4.78 is 10.5. The predicted molar refractivity (Wildman–Crippen MR) is 97.6 cm³/mol. The summed E-state index contributed by atoms with van der Waals surface area (Å²) in [6.07, 6.45) is 2.72. The van der Waals surface area contributed by atoms with Gasteiger partial charge in [-0.15, -0.1) is 0 Å². The summed E-state index contributed by atoms with van der Waals surface area (Å²) in [6.45, 7) is 5.21. The molecule has 1 saturated heterocycles. The first-order valence-electron chi connectivity index (χ1n) is 9.16. The number of likely N-dealkylation sites (tertiary alicyclic amines) is 1. The average molecular weight is 358 g/mol. The maximum absolute atomic E-state index is 12.0. The van der Waals surface area contributed by atoms with Crippen molar-refractivity contribution in [3.8, 4) is 17.2 Å². The molecule has 0 unspecified atom stereocenters. The summed E-state index contributed by atoms with van der Waals surface area (Å²) in [6, 6.07) is 7.54. The zero-order chi connectivity index (χ0) is 18.4. The van der Waals surface area contributed by atoms with E-state index in [1.807, 2.05) is 24.3 Å². The minimum Gasteiger partial charge on any atom is -0.497 e. The lowest BCUT2D eigenvalue weighted by atomic mass is 9.96. The lowest BCUT2D eigenvalue weighted by molar-refractivity contribution is -0.126. The van der Waals surface area contributed by atoms with Gasteiger partial charge in [-0.25, -0.2) is 0 Å². The first kappa shape index (κ1) is 18.4. The minimum absolute atomic E-state index is 0.123. The zero-order valence-corrected chi connectivity index (χ0v) is 15.4. The molecule has 3 rings (SSSR count). The third-order valence-corrected chi connectivity index (χ3v) is 4.68. The van der Waals surface area contributed by atoms with Gasteiger partial charge in [0.05, 0.1) is 13.7 Å². The smallest absolute Gasteiger partial charge is 0.257 e. The van der Waals surface area contributed by atoms with Crippen LogP contribution in [-0.2, 0) is 11.3 Å². The standard InChI is InChI=1S/C19H26N4O3/c1-3-10-20-18(24)14-8-11-23(12-9-14)13-17-21-19(26-22-17)15-4-6-16(25-2)7-5-15/h4-7,14H,3,8-13H2,1-2H3,(H,20,24). The first-order chi connectivity index (χ1) is 12.7. The van der Waals surface area contributed by atoms with Gasteiger partial charge in [0, 0.05) is 18.0 Å². The SMILES string of the molecule is CCCNC(=O)C1CCN(Cc2noc(-c3ccc(OC)cc3)n2)CC1. The Labute approximate surface area is 153 Å². The maximum Gasteiger partial charge on any atom is 0.257 e. The van der Waals surface area contributed by atoms with Gasteiger partial charge in [-0.1, -0.05) is 12.1 Å². The number of nitrogens with one attached hydrogen (secondary N) is 1. The second-order valence-corrected chi connectivity index (χ2v) is 6.59. The van der Waals surface area contributed by atoms with E-state index in [1.54, 1.807) is 7.11 Å². The topological polar surface area (TPSA) is 80.5 Å². The molecule has 0 atom stereocenters. The quantitative estimate of drug-likeness (QED) is 0.819. The van der Waals surface area contributed by atoms with Crippen LogP contribution in [0.3, 0.4) is 0 Å². The third-order valence-electron chi connectivity index (χ3n) is 4.68. The predicted octanol–water partition coefficient (Wildman–Crippen LogP) is 2.48. The number of carbonyl (C=O) groups excluding carboxylic acids is 1. The van der Waals surface area contributed by atoms with Crippen LogP contribution in [0.5, 0.6) is 5.75 Å². The summed E-state index contributed by atoms with van der Waals surface area (Å²) in [5.41, 5.74) is 0.871. The molecule has 2 heterocycles. The Hall–Kier alpha value is -2.41. The van der Waals surface area contributed by atoms with Gasteiger partial charge in [-0.05, 0) is 56.6 Å². The second kappa shape index (κ2) is 8.80. The van der Waals surface area contributed by atoms with Crippen molar-refractivity contribution >= 4 is 5.91 Å². The number of nitrogens with zero attached hydrogens (tertiary/aromatic N) is 3. The molecule has 7 nitrogen and oxygen atoms in total. The van der Waals surface area contributed by atoms with E-state index in [-0.39, 0.29) is 11.8 Å². The number of rotatable bonds is 7. The highest BCUT2D eigenvalue weighted by Crippen LogP contribution is 2.22. The Morgan fingerprint density at radius 1 is 1.31 bits per heavy atom. The number of carbonyl (C=O) groups is 1. The molecule has 7 heteroatoms. The van der Waals surface area contributed by atoms with E-state index in [1.165, 1.54) is 0 Å². The second-order valence-electron chi connectivity index (χ2n) is 6.59. The van der Waals surface area contributed by atoms with Crippen molar-refractivity contribution in [2.75, 3.05) is 26.7 Å². The van der Waals surface area contributed by atoms with E-state index >= 15 is 0 Å². The highest BCUT2D eigenvalue weighted by Gasteiger charge is 2.25. The number of hydrogen-bond acceptors (Lipinski definition) is 6. The lowest BCUT2D eigenvalue weighted by Crippen LogP contribution is -2.40. The highest BCUT2D eigenvalue weighted by molar-refractivity contribution is 5.78. The molecule has 1 aliphatic heterocycles. The van der Waals surface area contributed by atoms with Gasteiger partial charge in [0.15, 0.2) is 5.82 Å². The lowest BCUT2D eigenvalue weighted by Gasteiger charge is -2.30. The maximum atomic E-state index is 12.0. The summed E-state index contributed by atoms with van der Waals surface area (Å²) in [7, 11) is 1.64. The van der Waals surface area contributed by atoms with E-state index in [9.17, 15) is 4.79 Å². The van der Waals surface area contributed by atoms with Gasteiger partial charge < -0.3 is 14.6 Å². The van der Waals surface area contributed by atoms with Crippen molar-refractivity contribution in [1.29, 1.82) is 0 Å². The number of hydrogen-bond donors (Lipinski definition) is 1. The van der Waals surface area contributed by atoms with Gasteiger partial charge in [0.2, 0.25) is 5.91 Å². The molecule has 1 aromatic carbocycles. The number of ether oxygens (including phenoxy) is 1. The molecule has 2 aromatic rings. The van der Waals surface area contributed by atoms with Crippen LogP contribution in [0.1, 0.15) is 32.0 Å². The van der Waals surface area contributed by atoms with E-state index in [4.69, 9.17) is 9.26 Å². The zero-order valence-electron chi connectivity index (χ0n) is 15.4. The summed E-state index contributed by atoms with van der Waals surface area (Å²) in [5.74, 6) is 2.28. The Morgan fingerprint density at radius 3 is 2.69 bits per heavy atom. The Bertz CT molecular complexity index is 706. The molecule has 26 heavy (non-hydrogen) atoms. The van der Waals surface area contributed by atoms with Crippen molar-refractivity contribution in [2.24, 2.45) is 5.92 Å². The molecule has 1 amide bonds. The number of amides is 1. The fourth-order valence-electron chi connectivity index (χ4n) is 3.11. The first-order valence-corrected chi connectivity index (χ1v) is 9.16. The van der Waals surface area contributed by atoms with Gasteiger partial charge >= 0.3 is 0 Å². The molecule has 0 aliphatic carbocycles. The van der Waals surface area contributed by atoms with Crippen LogP contribution in [0.2, 0.25) is 0 Å². The largest absolute Gasteiger partial charge is 0.497 e. The molecule has 1 fully saturated rings. The van der Waals surface area contributed by atoms with Gasteiger partial charge in [0.1, 0.15) is 5.75 Å². The number of aromatic nitrogens is 2. The van der Waals surface area contributed by atoms with E-state index in [0.717, 1.165) is 50.2 Å². The summed E-state index contributed by atoms with van der Waals surface area (Å²) >= 11 is 0. The fraction of sp³-hybridized carbons (Fsp3) is 0.526. The van der Waals surface area contributed by atoms with E-state index < -0.39 is 0 Å². The molecular formula is C19H26N4O3. The van der Waals surface area contributed by atoms with Gasteiger partial charge in [-0.3, -0.25) is 9.69 Å². The molecule has 1 aromatic heterocycles. The molecule has 0 radical (unpaired) electrons. The van der Waals surface area contributed by atoms with Crippen LogP contribution in [0.25, 0.3) is 11.5 Å². The monoisotopic (exact) mass is 358 g/mol. The van der Waals surface area contributed by atoms with E-state index in [2.05, 4.69) is 27.3 Å². The van der Waals surface area contributed by atoms with Crippen molar-refractivity contribution in [1.82, 2.24) is 20.4 Å². The average Bonchev–Trinajstić information content (AvgIpc) is 3.15. The van der Waals surface area contributed by atoms with E-state index in [0.29, 0.717) is 18.3 Å². The third kappa shape index (κ3) is 4.60. The normalized spacial score (nSPS) is 15.8. The molecule has 1 N–H and O–H groups in total. The van der Waals surface area contributed by atoms with Crippen molar-refractivity contribution in [2.45, 2.75) is 32.7 Å². The number of benzene rings is 1. The molecule has 140 valence electrons. The Kier molecular flexibility index (Phi) is 6.22. The Morgan fingerprint density at radius 2 is 2.04 bits per heavy atom.